The first-order valence-corrected chi connectivity index (χ1v) is 6.44. The van der Waals surface area contributed by atoms with Crippen LogP contribution in [0.5, 0.6) is 0 Å². The highest BCUT2D eigenvalue weighted by atomic mass is 19.4. The first-order chi connectivity index (χ1) is 9.38. The number of carbonyl (C=O) groups is 1. The van der Waals surface area contributed by atoms with Crippen LogP contribution < -0.4 is 10.9 Å². The molecule has 2 rings (SSSR count). The van der Waals surface area contributed by atoms with Crippen LogP contribution in [0, 0.1) is 0 Å². The van der Waals surface area contributed by atoms with Gasteiger partial charge in [-0.3, -0.25) is 9.59 Å². The van der Waals surface area contributed by atoms with E-state index in [4.69, 9.17) is 0 Å². The summed E-state index contributed by atoms with van der Waals surface area (Å²) in [6.07, 6.45) is 0.309. The van der Waals surface area contributed by atoms with Gasteiger partial charge in [0.05, 0.1) is 0 Å². The lowest BCUT2D eigenvalue weighted by molar-refractivity contribution is -0.139. The van der Waals surface area contributed by atoms with E-state index < -0.39 is 23.2 Å². The number of aromatic nitrogens is 1. The van der Waals surface area contributed by atoms with E-state index in [1.165, 1.54) is 6.20 Å². The minimum Gasteiger partial charge on any atom is -0.352 e. The molecule has 1 fully saturated rings. The number of rotatable bonds is 3. The number of hydrogen-bond donors (Lipinski definition) is 1. The van der Waals surface area contributed by atoms with E-state index in [0.717, 1.165) is 36.3 Å². The first kappa shape index (κ1) is 14.6. The molecular weight excluding hydrogens is 273 g/mol. The molecule has 1 saturated carbocycles. The van der Waals surface area contributed by atoms with Crippen LogP contribution >= 0.6 is 0 Å². The van der Waals surface area contributed by atoms with Gasteiger partial charge in [-0.05, 0) is 25.0 Å². The van der Waals surface area contributed by atoms with Crippen molar-refractivity contribution in [3.05, 3.63) is 34.2 Å². The number of nitrogens with one attached hydrogen (secondary N) is 1. The lowest BCUT2D eigenvalue weighted by Crippen LogP contribution is -2.38. The van der Waals surface area contributed by atoms with Crippen LogP contribution in [0.4, 0.5) is 13.2 Å². The van der Waals surface area contributed by atoms with E-state index in [2.05, 4.69) is 5.32 Å². The molecule has 0 aromatic carbocycles. The molecule has 20 heavy (non-hydrogen) atoms. The Morgan fingerprint density at radius 2 is 2.00 bits per heavy atom. The Bertz CT molecular complexity index is 545. The third-order valence-electron chi connectivity index (χ3n) is 3.36. The molecule has 1 aromatic rings. The van der Waals surface area contributed by atoms with Crippen molar-refractivity contribution >= 4 is 5.91 Å². The average Bonchev–Trinajstić information content (AvgIpc) is 2.83. The van der Waals surface area contributed by atoms with Crippen molar-refractivity contribution in [2.75, 3.05) is 0 Å². The molecule has 1 amide bonds. The van der Waals surface area contributed by atoms with Crippen molar-refractivity contribution in [1.29, 1.82) is 0 Å². The molecule has 1 aliphatic rings. The molecular formula is C13H15F3N2O2. The number of alkyl halides is 3. The topological polar surface area (TPSA) is 51.1 Å². The van der Waals surface area contributed by atoms with E-state index in [1.54, 1.807) is 0 Å². The zero-order valence-corrected chi connectivity index (χ0v) is 10.7. The van der Waals surface area contributed by atoms with Gasteiger partial charge in [-0.15, -0.1) is 0 Å². The maximum absolute atomic E-state index is 12.6. The predicted octanol–water partition coefficient (Wildman–Crippen LogP) is 1.93. The molecule has 7 heteroatoms. The fourth-order valence-electron chi connectivity index (χ4n) is 2.38. The van der Waals surface area contributed by atoms with Crippen LogP contribution in [-0.2, 0) is 17.5 Å². The van der Waals surface area contributed by atoms with Gasteiger partial charge < -0.3 is 9.88 Å². The van der Waals surface area contributed by atoms with Gasteiger partial charge in [-0.1, -0.05) is 12.8 Å². The van der Waals surface area contributed by atoms with E-state index in [0.29, 0.717) is 6.07 Å². The lowest BCUT2D eigenvalue weighted by atomic mass is 10.2. The van der Waals surface area contributed by atoms with Crippen molar-refractivity contribution in [3.8, 4) is 0 Å². The van der Waals surface area contributed by atoms with Crippen LogP contribution in [0.2, 0.25) is 0 Å². The van der Waals surface area contributed by atoms with Crippen LogP contribution in [0.15, 0.2) is 23.1 Å². The Kier molecular flexibility index (Phi) is 4.15. The minimum absolute atomic E-state index is 0.0731. The molecule has 0 aliphatic heterocycles. The van der Waals surface area contributed by atoms with Gasteiger partial charge in [0, 0.05) is 12.2 Å². The second-order valence-electron chi connectivity index (χ2n) is 4.90. The van der Waals surface area contributed by atoms with Crippen molar-refractivity contribution in [1.82, 2.24) is 9.88 Å². The molecule has 1 heterocycles. The number of halogens is 3. The highest BCUT2D eigenvalue weighted by molar-refractivity contribution is 5.76. The van der Waals surface area contributed by atoms with Gasteiger partial charge in [0.2, 0.25) is 5.91 Å². The highest BCUT2D eigenvalue weighted by Gasteiger charge is 2.34. The molecule has 0 unspecified atom stereocenters. The Labute approximate surface area is 113 Å². The molecule has 1 N–H and O–H groups in total. The number of pyridine rings is 1. The molecule has 0 bridgehead atoms. The maximum Gasteiger partial charge on any atom is 0.421 e. The van der Waals surface area contributed by atoms with Gasteiger partial charge in [0.1, 0.15) is 12.1 Å². The Balaban J connectivity index is 2.09. The number of nitrogens with zero attached hydrogens (tertiary/aromatic N) is 1. The smallest absolute Gasteiger partial charge is 0.352 e. The molecule has 4 nitrogen and oxygen atoms in total. The number of hydrogen-bond acceptors (Lipinski definition) is 2. The van der Waals surface area contributed by atoms with E-state index in [9.17, 15) is 22.8 Å². The zero-order chi connectivity index (χ0) is 14.8. The van der Waals surface area contributed by atoms with Crippen LogP contribution in [-0.4, -0.2) is 16.5 Å². The largest absolute Gasteiger partial charge is 0.421 e. The number of amides is 1. The summed E-state index contributed by atoms with van der Waals surface area (Å²) in [6, 6.07) is 1.91. The molecule has 110 valence electrons. The summed E-state index contributed by atoms with van der Waals surface area (Å²) in [6.45, 7) is -0.390. The van der Waals surface area contributed by atoms with Gasteiger partial charge in [-0.25, -0.2) is 0 Å². The van der Waals surface area contributed by atoms with Gasteiger partial charge >= 0.3 is 6.18 Å². The summed E-state index contributed by atoms with van der Waals surface area (Å²) in [5.41, 5.74) is -2.45. The van der Waals surface area contributed by atoms with Crippen molar-refractivity contribution in [2.24, 2.45) is 0 Å². The molecule has 0 spiro atoms. The second-order valence-corrected chi connectivity index (χ2v) is 4.90. The molecule has 0 saturated heterocycles. The summed E-state index contributed by atoms with van der Waals surface area (Å²) in [5.74, 6) is -0.432. The molecule has 0 atom stereocenters. The lowest BCUT2D eigenvalue weighted by Gasteiger charge is -2.13. The first-order valence-electron chi connectivity index (χ1n) is 6.44. The van der Waals surface area contributed by atoms with E-state index >= 15 is 0 Å². The summed E-state index contributed by atoms with van der Waals surface area (Å²) in [5, 5.41) is 2.73. The zero-order valence-electron chi connectivity index (χ0n) is 10.7. The predicted molar refractivity (Wildman–Crippen MR) is 66.1 cm³/mol. The Hall–Kier alpha value is -1.79. The summed E-state index contributed by atoms with van der Waals surface area (Å²) in [7, 11) is 0. The van der Waals surface area contributed by atoms with Crippen LogP contribution in [0.25, 0.3) is 0 Å². The van der Waals surface area contributed by atoms with Crippen molar-refractivity contribution in [2.45, 2.75) is 44.4 Å². The van der Waals surface area contributed by atoms with Gasteiger partial charge in [-0.2, -0.15) is 13.2 Å². The number of carbonyl (C=O) groups excluding carboxylic acids is 1. The quantitative estimate of drug-likeness (QED) is 0.924. The second kappa shape index (κ2) is 5.68. The molecule has 1 aliphatic carbocycles. The normalized spacial score (nSPS) is 16.4. The van der Waals surface area contributed by atoms with Crippen LogP contribution in [0.3, 0.4) is 0 Å². The van der Waals surface area contributed by atoms with Gasteiger partial charge in [0.15, 0.2) is 0 Å². The van der Waals surface area contributed by atoms with E-state index in [1.807, 2.05) is 0 Å². The Morgan fingerprint density at radius 3 is 2.60 bits per heavy atom. The summed E-state index contributed by atoms with van der Waals surface area (Å²) >= 11 is 0. The monoisotopic (exact) mass is 288 g/mol. The van der Waals surface area contributed by atoms with Crippen molar-refractivity contribution in [3.63, 3.8) is 0 Å². The SMILES string of the molecule is O=C(Cn1cccc(C(F)(F)F)c1=O)NC1CCCC1. The Morgan fingerprint density at radius 1 is 1.35 bits per heavy atom. The third-order valence-corrected chi connectivity index (χ3v) is 3.36. The average molecular weight is 288 g/mol. The maximum atomic E-state index is 12.6. The fraction of sp³-hybridized carbons (Fsp3) is 0.538. The summed E-state index contributed by atoms with van der Waals surface area (Å²) in [4.78, 5) is 23.4. The third kappa shape index (κ3) is 3.40. The minimum atomic E-state index is -4.71. The highest BCUT2D eigenvalue weighted by Crippen LogP contribution is 2.25. The molecule has 1 aromatic heterocycles. The van der Waals surface area contributed by atoms with Crippen molar-refractivity contribution < 1.29 is 18.0 Å². The standard InChI is InChI=1S/C13H15F3N2O2/c14-13(15,16)10-6-3-7-18(12(10)20)8-11(19)17-9-4-1-2-5-9/h3,6-7,9H,1-2,4-5,8H2,(H,17,19). The van der Waals surface area contributed by atoms with Gasteiger partial charge in [0.25, 0.3) is 5.56 Å². The molecule has 0 radical (unpaired) electrons. The van der Waals surface area contributed by atoms with Crippen LogP contribution in [0.1, 0.15) is 31.2 Å². The fourth-order valence-corrected chi connectivity index (χ4v) is 2.38. The summed E-state index contributed by atoms with van der Waals surface area (Å²) < 4.78 is 38.5. The van der Waals surface area contributed by atoms with E-state index in [-0.39, 0.29) is 12.6 Å².